The molecular weight excluding hydrogens is 232 g/mol. The van der Waals surface area contributed by atoms with Crippen LogP contribution in [0.3, 0.4) is 0 Å². The second-order valence-electron chi connectivity index (χ2n) is 4.25. The summed E-state index contributed by atoms with van der Waals surface area (Å²) in [7, 11) is 0. The normalized spacial score (nSPS) is 10.9. The third-order valence-electron chi connectivity index (χ3n) is 2.92. The van der Waals surface area contributed by atoms with Crippen LogP contribution in [0.1, 0.15) is 5.56 Å². The Morgan fingerprint density at radius 3 is 2.21 bits per heavy atom. The van der Waals surface area contributed by atoms with Crippen LogP contribution in [0.2, 0.25) is 0 Å². The lowest BCUT2D eigenvalue weighted by Crippen LogP contribution is -1.90. The van der Waals surface area contributed by atoms with Gasteiger partial charge in [0.05, 0.1) is 11.4 Å². The van der Waals surface area contributed by atoms with Crippen LogP contribution in [0.4, 0.5) is 5.69 Å². The van der Waals surface area contributed by atoms with Gasteiger partial charge >= 0.3 is 0 Å². The van der Waals surface area contributed by atoms with E-state index in [1.54, 1.807) is 0 Å². The number of rotatable bonds is 3. The summed E-state index contributed by atoms with van der Waals surface area (Å²) in [5.41, 5.74) is 3.15. The molecule has 0 saturated heterocycles. The van der Waals surface area contributed by atoms with Crippen molar-refractivity contribution < 1.29 is 0 Å². The fourth-order valence-electron chi connectivity index (χ4n) is 1.97. The SMILES string of the molecule is C(=Nc1ccccc1-n1cccc1)c1ccccc1. The van der Waals surface area contributed by atoms with Gasteiger partial charge < -0.3 is 4.57 Å². The molecule has 2 nitrogen and oxygen atoms in total. The Kier molecular flexibility index (Phi) is 3.24. The van der Waals surface area contributed by atoms with Gasteiger partial charge in [0, 0.05) is 18.6 Å². The first-order chi connectivity index (χ1) is 9.43. The van der Waals surface area contributed by atoms with Gasteiger partial charge in [-0.2, -0.15) is 0 Å². The molecular formula is C17H14N2. The maximum Gasteiger partial charge on any atom is 0.0869 e. The zero-order valence-corrected chi connectivity index (χ0v) is 10.5. The van der Waals surface area contributed by atoms with E-state index in [2.05, 4.69) is 15.6 Å². The predicted octanol–water partition coefficient (Wildman–Crippen LogP) is 4.23. The molecule has 2 heteroatoms. The third kappa shape index (κ3) is 2.63. The van der Waals surface area contributed by atoms with Crippen LogP contribution < -0.4 is 0 Å². The molecule has 0 amide bonds. The summed E-state index contributed by atoms with van der Waals surface area (Å²) in [5, 5.41) is 0. The molecule has 3 rings (SSSR count). The average molecular weight is 246 g/mol. The number of para-hydroxylation sites is 2. The topological polar surface area (TPSA) is 17.3 Å². The highest BCUT2D eigenvalue weighted by Gasteiger charge is 2.00. The Bertz CT molecular complexity index is 668. The van der Waals surface area contributed by atoms with Crippen molar-refractivity contribution in [2.75, 3.05) is 0 Å². The number of hydrogen-bond donors (Lipinski definition) is 0. The van der Waals surface area contributed by atoms with Crippen molar-refractivity contribution >= 4 is 11.9 Å². The standard InChI is InChI=1S/C17H14N2/c1-2-8-15(9-3-1)14-18-16-10-4-5-11-17(16)19-12-6-7-13-19/h1-14H. The summed E-state index contributed by atoms with van der Waals surface area (Å²) in [5.74, 6) is 0. The Hall–Kier alpha value is -2.61. The smallest absolute Gasteiger partial charge is 0.0869 e. The average Bonchev–Trinajstić information content (AvgIpc) is 3.01. The molecule has 92 valence electrons. The Morgan fingerprint density at radius 2 is 1.42 bits per heavy atom. The van der Waals surface area contributed by atoms with Crippen molar-refractivity contribution in [2.45, 2.75) is 0 Å². The molecule has 2 aromatic carbocycles. The minimum Gasteiger partial charge on any atom is -0.322 e. The largest absolute Gasteiger partial charge is 0.322 e. The minimum atomic E-state index is 0.961. The molecule has 0 fully saturated rings. The fraction of sp³-hybridized carbons (Fsp3) is 0. The Labute approximate surface area is 112 Å². The Morgan fingerprint density at radius 1 is 0.737 bits per heavy atom. The molecule has 0 atom stereocenters. The van der Waals surface area contributed by atoms with Gasteiger partial charge in [-0.3, -0.25) is 4.99 Å². The van der Waals surface area contributed by atoms with Crippen molar-refractivity contribution in [3.63, 3.8) is 0 Å². The first-order valence-electron chi connectivity index (χ1n) is 6.25. The van der Waals surface area contributed by atoms with Crippen molar-refractivity contribution in [3.05, 3.63) is 84.7 Å². The molecule has 19 heavy (non-hydrogen) atoms. The lowest BCUT2D eigenvalue weighted by atomic mass is 10.2. The van der Waals surface area contributed by atoms with E-state index in [1.807, 2.05) is 79.3 Å². The second kappa shape index (κ2) is 5.36. The molecule has 0 aliphatic rings. The molecule has 0 aliphatic carbocycles. The summed E-state index contributed by atoms with van der Waals surface area (Å²) < 4.78 is 2.07. The van der Waals surface area contributed by atoms with E-state index in [0.717, 1.165) is 16.9 Å². The molecule has 0 N–H and O–H groups in total. The molecule has 0 radical (unpaired) electrons. The highest BCUT2D eigenvalue weighted by Crippen LogP contribution is 2.22. The van der Waals surface area contributed by atoms with Crippen LogP contribution in [0.15, 0.2) is 84.1 Å². The minimum absolute atomic E-state index is 0.961. The van der Waals surface area contributed by atoms with Gasteiger partial charge in [-0.05, 0) is 29.8 Å². The second-order valence-corrected chi connectivity index (χ2v) is 4.25. The molecule has 1 aromatic heterocycles. The molecule has 1 heterocycles. The maximum absolute atomic E-state index is 4.59. The van der Waals surface area contributed by atoms with Crippen LogP contribution in [0.5, 0.6) is 0 Å². The van der Waals surface area contributed by atoms with Gasteiger partial charge in [-0.1, -0.05) is 42.5 Å². The summed E-state index contributed by atoms with van der Waals surface area (Å²) >= 11 is 0. The van der Waals surface area contributed by atoms with Gasteiger partial charge in [-0.15, -0.1) is 0 Å². The third-order valence-corrected chi connectivity index (χ3v) is 2.92. The number of aliphatic imine (C=N–C) groups is 1. The van der Waals surface area contributed by atoms with Crippen molar-refractivity contribution in [1.29, 1.82) is 0 Å². The van der Waals surface area contributed by atoms with E-state index < -0.39 is 0 Å². The zero-order valence-electron chi connectivity index (χ0n) is 10.5. The van der Waals surface area contributed by atoms with Gasteiger partial charge in [-0.25, -0.2) is 0 Å². The highest BCUT2D eigenvalue weighted by molar-refractivity contribution is 5.83. The molecule has 0 aliphatic heterocycles. The van der Waals surface area contributed by atoms with Crippen LogP contribution in [-0.4, -0.2) is 10.8 Å². The maximum atomic E-state index is 4.59. The van der Waals surface area contributed by atoms with E-state index >= 15 is 0 Å². The summed E-state index contributed by atoms with van der Waals surface area (Å²) in [4.78, 5) is 4.59. The summed E-state index contributed by atoms with van der Waals surface area (Å²) in [6.45, 7) is 0. The molecule has 3 aromatic rings. The van der Waals surface area contributed by atoms with Crippen molar-refractivity contribution in [3.8, 4) is 5.69 Å². The summed E-state index contributed by atoms with van der Waals surface area (Å²) in [6, 6.07) is 22.3. The van der Waals surface area contributed by atoms with Gasteiger partial charge in [0.1, 0.15) is 0 Å². The number of aromatic nitrogens is 1. The Balaban J connectivity index is 1.96. The predicted molar refractivity (Wildman–Crippen MR) is 79.5 cm³/mol. The number of benzene rings is 2. The highest BCUT2D eigenvalue weighted by atomic mass is 15.0. The van der Waals surface area contributed by atoms with Crippen LogP contribution in [-0.2, 0) is 0 Å². The van der Waals surface area contributed by atoms with E-state index in [4.69, 9.17) is 0 Å². The first-order valence-corrected chi connectivity index (χ1v) is 6.25. The summed E-state index contributed by atoms with van der Waals surface area (Å²) in [6.07, 6.45) is 5.94. The first kappa shape index (κ1) is 11.5. The zero-order chi connectivity index (χ0) is 12.9. The van der Waals surface area contributed by atoms with Gasteiger partial charge in [0.2, 0.25) is 0 Å². The van der Waals surface area contributed by atoms with E-state index in [0.29, 0.717) is 0 Å². The molecule has 0 unspecified atom stereocenters. The van der Waals surface area contributed by atoms with Crippen molar-refractivity contribution in [1.82, 2.24) is 4.57 Å². The van der Waals surface area contributed by atoms with E-state index in [1.165, 1.54) is 0 Å². The number of nitrogens with zero attached hydrogens (tertiary/aromatic N) is 2. The van der Waals surface area contributed by atoms with Gasteiger partial charge in [0.15, 0.2) is 0 Å². The molecule has 0 saturated carbocycles. The van der Waals surface area contributed by atoms with E-state index in [9.17, 15) is 0 Å². The van der Waals surface area contributed by atoms with Crippen LogP contribution in [0.25, 0.3) is 5.69 Å². The lowest BCUT2D eigenvalue weighted by Gasteiger charge is -2.06. The van der Waals surface area contributed by atoms with Crippen LogP contribution in [0, 0.1) is 0 Å². The lowest BCUT2D eigenvalue weighted by molar-refractivity contribution is 1.08. The van der Waals surface area contributed by atoms with Gasteiger partial charge in [0.25, 0.3) is 0 Å². The van der Waals surface area contributed by atoms with E-state index in [-0.39, 0.29) is 0 Å². The molecule has 0 spiro atoms. The quantitative estimate of drug-likeness (QED) is 0.615. The molecule has 0 bridgehead atoms. The van der Waals surface area contributed by atoms with Crippen molar-refractivity contribution in [2.24, 2.45) is 4.99 Å². The monoisotopic (exact) mass is 246 g/mol. The van der Waals surface area contributed by atoms with Crippen LogP contribution >= 0.6 is 0 Å². The number of hydrogen-bond acceptors (Lipinski definition) is 1. The fourth-order valence-corrected chi connectivity index (χ4v) is 1.97.